The molecule has 2 rings (SSSR count). The van der Waals surface area contributed by atoms with Crippen molar-refractivity contribution in [2.75, 3.05) is 14.2 Å². The highest BCUT2D eigenvalue weighted by Gasteiger charge is 2.69. The number of hydrogen-bond acceptors (Lipinski definition) is 4. The first-order valence-electron chi connectivity index (χ1n) is 6.16. The molecule has 0 spiro atoms. The summed E-state index contributed by atoms with van der Waals surface area (Å²) < 4.78 is 50.7. The molecule has 0 bridgehead atoms. The first kappa shape index (κ1) is 15.2. The van der Waals surface area contributed by atoms with Crippen molar-refractivity contribution < 1.29 is 32.2 Å². The Hall–Kier alpha value is -1.21. The van der Waals surface area contributed by atoms with Crippen molar-refractivity contribution in [1.82, 2.24) is 0 Å². The van der Waals surface area contributed by atoms with Crippen LogP contribution in [-0.2, 0) is 19.1 Å². The molecule has 1 saturated carbocycles. The Morgan fingerprint density at radius 2 is 1.75 bits per heavy atom. The minimum Gasteiger partial charge on any atom is -0.353 e. The van der Waals surface area contributed by atoms with Gasteiger partial charge in [0.2, 0.25) is 0 Å². The van der Waals surface area contributed by atoms with Crippen LogP contribution in [-0.4, -0.2) is 37.7 Å². The zero-order valence-corrected chi connectivity index (χ0v) is 11.1. The largest absolute Gasteiger partial charge is 0.402 e. The van der Waals surface area contributed by atoms with Crippen LogP contribution in [0.3, 0.4) is 0 Å². The number of halogens is 3. The van der Waals surface area contributed by atoms with Crippen LogP contribution in [0, 0.1) is 11.3 Å². The van der Waals surface area contributed by atoms with E-state index in [4.69, 9.17) is 9.47 Å². The number of alkyl halides is 3. The normalized spacial score (nSPS) is 33.1. The van der Waals surface area contributed by atoms with E-state index in [0.29, 0.717) is 0 Å². The topological polar surface area (TPSA) is 52.6 Å². The number of rotatable bonds is 2. The van der Waals surface area contributed by atoms with Crippen LogP contribution in [0.25, 0.3) is 0 Å². The van der Waals surface area contributed by atoms with Gasteiger partial charge in [-0.05, 0) is 18.6 Å². The second-order valence-electron chi connectivity index (χ2n) is 5.14. The molecule has 0 unspecified atom stereocenters. The van der Waals surface area contributed by atoms with E-state index in [9.17, 15) is 22.8 Å². The number of carbonyl (C=O) groups excluding carboxylic acids is 2. The molecule has 0 amide bonds. The summed E-state index contributed by atoms with van der Waals surface area (Å²) in [4.78, 5) is 23.8. The zero-order valence-electron chi connectivity index (χ0n) is 11.1. The fourth-order valence-electron chi connectivity index (χ4n) is 3.14. The van der Waals surface area contributed by atoms with E-state index in [1.165, 1.54) is 14.2 Å². The van der Waals surface area contributed by atoms with Gasteiger partial charge in [-0.1, -0.05) is 0 Å². The van der Waals surface area contributed by atoms with E-state index in [0.717, 1.165) is 12.2 Å². The van der Waals surface area contributed by atoms with Crippen molar-refractivity contribution in [3.8, 4) is 0 Å². The average molecular weight is 292 g/mol. The van der Waals surface area contributed by atoms with Crippen LogP contribution in [0.5, 0.6) is 0 Å². The summed E-state index contributed by atoms with van der Waals surface area (Å²) in [5, 5.41) is 0. The van der Waals surface area contributed by atoms with Crippen LogP contribution < -0.4 is 0 Å². The Labute approximate surface area is 113 Å². The number of hydrogen-bond donors (Lipinski definition) is 0. The quantitative estimate of drug-likeness (QED) is 0.731. The molecule has 2 aliphatic carbocycles. The maximum absolute atomic E-state index is 13.5. The summed E-state index contributed by atoms with van der Waals surface area (Å²) in [6.45, 7) is 0. The molecule has 20 heavy (non-hydrogen) atoms. The molecule has 4 nitrogen and oxygen atoms in total. The summed E-state index contributed by atoms with van der Waals surface area (Å²) in [6, 6.07) is 0. The number of ether oxygens (including phenoxy) is 2. The van der Waals surface area contributed by atoms with Gasteiger partial charge >= 0.3 is 6.18 Å². The smallest absolute Gasteiger partial charge is 0.353 e. The number of carbonyl (C=O) groups is 2. The Balaban J connectivity index is 2.51. The minimum atomic E-state index is -4.77. The van der Waals surface area contributed by atoms with Crippen molar-refractivity contribution in [3.05, 3.63) is 12.2 Å². The Bertz CT molecular complexity index is 465. The van der Waals surface area contributed by atoms with Gasteiger partial charge in [-0.3, -0.25) is 9.59 Å². The molecule has 112 valence electrons. The highest BCUT2D eigenvalue weighted by atomic mass is 19.4. The third kappa shape index (κ3) is 1.91. The second kappa shape index (κ2) is 4.66. The minimum absolute atomic E-state index is 0.0944. The van der Waals surface area contributed by atoms with Gasteiger partial charge in [0.25, 0.3) is 0 Å². The number of fused-ring (bicyclic) bond motifs is 1. The fourth-order valence-corrected chi connectivity index (χ4v) is 3.14. The third-order valence-electron chi connectivity index (χ3n) is 4.44. The highest BCUT2D eigenvalue weighted by Crippen LogP contribution is 2.57. The van der Waals surface area contributed by atoms with Gasteiger partial charge in [0, 0.05) is 33.0 Å². The molecule has 0 aromatic heterocycles. The third-order valence-corrected chi connectivity index (χ3v) is 4.44. The van der Waals surface area contributed by atoms with Crippen molar-refractivity contribution >= 4 is 11.6 Å². The average Bonchev–Trinajstić information content (AvgIpc) is 2.41. The zero-order chi connectivity index (χ0) is 15.2. The van der Waals surface area contributed by atoms with Crippen LogP contribution >= 0.6 is 0 Å². The maximum Gasteiger partial charge on any atom is 0.402 e. The number of ketones is 2. The van der Waals surface area contributed by atoms with Crippen molar-refractivity contribution in [3.63, 3.8) is 0 Å². The molecule has 0 radical (unpaired) electrons. The molecule has 0 saturated heterocycles. The maximum atomic E-state index is 13.5. The molecule has 0 aliphatic heterocycles. The molecule has 0 aromatic rings. The number of allylic oxidation sites excluding steroid dienone is 2. The molecule has 2 aliphatic rings. The van der Waals surface area contributed by atoms with Crippen molar-refractivity contribution in [1.29, 1.82) is 0 Å². The highest BCUT2D eigenvalue weighted by molar-refractivity contribution is 6.10. The first-order valence-corrected chi connectivity index (χ1v) is 6.16. The molecular formula is C13H15F3O4. The Kier molecular flexibility index (Phi) is 3.54. The molecule has 0 N–H and O–H groups in total. The van der Waals surface area contributed by atoms with Gasteiger partial charge in [-0.15, -0.1) is 0 Å². The summed E-state index contributed by atoms with van der Waals surface area (Å²) in [5.41, 5.74) is -2.64. The van der Waals surface area contributed by atoms with Gasteiger partial charge in [0.15, 0.2) is 17.4 Å². The van der Waals surface area contributed by atoms with Gasteiger partial charge < -0.3 is 9.47 Å². The van der Waals surface area contributed by atoms with Crippen molar-refractivity contribution in [2.24, 2.45) is 11.3 Å². The molecule has 7 heteroatoms. The lowest BCUT2D eigenvalue weighted by molar-refractivity contribution is -0.288. The molecule has 1 fully saturated rings. The van der Waals surface area contributed by atoms with Crippen LogP contribution in [0.15, 0.2) is 12.2 Å². The monoisotopic (exact) mass is 292 g/mol. The molecule has 0 aromatic carbocycles. The lowest BCUT2D eigenvalue weighted by Crippen LogP contribution is -2.60. The van der Waals surface area contributed by atoms with Crippen LogP contribution in [0.2, 0.25) is 0 Å². The fraction of sp³-hybridized carbons (Fsp3) is 0.692. The molecule has 0 heterocycles. The molecular weight excluding hydrogens is 277 g/mol. The summed E-state index contributed by atoms with van der Waals surface area (Å²) >= 11 is 0. The standard InChI is InChI=1S/C13H15F3O4/c1-19-11(20-2)5-6-12(13(14,15)16)8(7-11)9(17)3-4-10(12)18/h3-4,8H,5-7H2,1-2H3/t8-,12+/m0/s1. The van der Waals surface area contributed by atoms with Gasteiger partial charge in [0.1, 0.15) is 5.41 Å². The summed E-state index contributed by atoms with van der Waals surface area (Å²) in [5.74, 6) is -4.51. The van der Waals surface area contributed by atoms with Crippen LogP contribution in [0.4, 0.5) is 13.2 Å². The second-order valence-corrected chi connectivity index (χ2v) is 5.14. The summed E-state index contributed by atoms with van der Waals surface area (Å²) in [6.07, 6.45) is -4.02. The number of methoxy groups -OCH3 is 2. The van der Waals surface area contributed by atoms with Gasteiger partial charge in [-0.25, -0.2) is 0 Å². The Morgan fingerprint density at radius 3 is 2.25 bits per heavy atom. The van der Waals surface area contributed by atoms with E-state index < -0.39 is 41.3 Å². The predicted octanol–water partition coefficient (Wildman–Crippen LogP) is 2.03. The van der Waals surface area contributed by atoms with E-state index in [2.05, 4.69) is 0 Å². The summed E-state index contributed by atoms with van der Waals surface area (Å²) in [7, 11) is 2.63. The Morgan fingerprint density at radius 1 is 1.15 bits per heavy atom. The predicted molar refractivity (Wildman–Crippen MR) is 61.7 cm³/mol. The lowest BCUT2D eigenvalue weighted by atomic mass is 9.58. The molecule has 2 atom stereocenters. The van der Waals surface area contributed by atoms with E-state index in [1.54, 1.807) is 0 Å². The van der Waals surface area contributed by atoms with Crippen LogP contribution in [0.1, 0.15) is 19.3 Å². The van der Waals surface area contributed by atoms with Gasteiger partial charge in [0.05, 0.1) is 0 Å². The lowest BCUT2D eigenvalue weighted by Gasteiger charge is -2.49. The van der Waals surface area contributed by atoms with E-state index in [1.807, 2.05) is 0 Å². The SMILES string of the molecule is COC1(OC)CC[C@]2(C(F)(F)F)C(=O)C=CC(=O)[C@@H]2C1. The van der Waals surface area contributed by atoms with Crippen molar-refractivity contribution in [2.45, 2.75) is 31.2 Å². The van der Waals surface area contributed by atoms with Gasteiger partial charge in [-0.2, -0.15) is 13.2 Å². The first-order chi connectivity index (χ1) is 9.22. The van der Waals surface area contributed by atoms with E-state index in [-0.39, 0.29) is 12.8 Å². The van der Waals surface area contributed by atoms with E-state index >= 15 is 0 Å².